The summed E-state index contributed by atoms with van der Waals surface area (Å²) in [6, 6.07) is 3.35. The number of benzene rings is 1. The third-order valence-electron chi connectivity index (χ3n) is 1.43. The van der Waals surface area contributed by atoms with E-state index in [-0.39, 0.29) is 5.75 Å². The van der Waals surface area contributed by atoms with Gasteiger partial charge in [-0.1, -0.05) is 11.6 Å². The molecule has 0 amide bonds. The zero-order valence-electron chi connectivity index (χ0n) is 5.94. The standard InChI is InChI=1S/C8H8ClO/c1-5-3-7(9)4-6(2)8(5)10/h3-4H,1-2H3. The van der Waals surface area contributed by atoms with Crippen molar-refractivity contribution in [1.29, 1.82) is 0 Å². The summed E-state index contributed by atoms with van der Waals surface area (Å²) in [5.41, 5.74) is 1.43. The van der Waals surface area contributed by atoms with Crippen LogP contribution in [0.15, 0.2) is 12.1 Å². The fraction of sp³-hybridized carbons (Fsp3) is 0.250. The second-order valence-corrected chi connectivity index (χ2v) is 2.81. The molecule has 0 spiro atoms. The van der Waals surface area contributed by atoms with E-state index in [9.17, 15) is 5.11 Å². The molecule has 0 heterocycles. The first-order valence-electron chi connectivity index (χ1n) is 3.05. The molecule has 53 valence electrons. The molecule has 1 rings (SSSR count). The minimum absolute atomic E-state index is 0.0874. The van der Waals surface area contributed by atoms with Crippen LogP contribution in [-0.4, -0.2) is 0 Å². The molecule has 0 aliphatic heterocycles. The topological polar surface area (TPSA) is 19.9 Å². The maximum Gasteiger partial charge on any atom is 0.184 e. The second-order valence-electron chi connectivity index (χ2n) is 2.37. The van der Waals surface area contributed by atoms with Crippen LogP contribution in [0, 0.1) is 13.8 Å². The van der Waals surface area contributed by atoms with Gasteiger partial charge in [0, 0.05) is 5.02 Å². The summed E-state index contributed by atoms with van der Waals surface area (Å²) < 4.78 is 0. The van der Waals surface area contributed by atoms with Crippen LogP contribution in [0.25, 0.3) is 0 Å². The Hall–Kier alpha value is -0.690. The summed E-state index contributed by atoms with van der Waals surface area (Å²) in [7, 11) is 0. The third kappa shape index (κ3) is 1.24. The van der Waals surface area contributed by atoms with Gasteiger partial charge in [0.05, 0.1) is 0 Å². The first kappa shape index (κ1) is 7.42. The van der Waals surface area contributed by atoms with Crippen molar-refractivity contribution in [2.75, 3.05) is 0 Å². The summed E-state index contributed by atoms with van der Waals surface area (Å²) in [6.07, 6.45) is 0. The lowest BCUT2D eigenvalue weighted by Gasteiger charge is -1.98. The highest BCUT2D eigenvalue weighted by atomic mass is 35.5. The maximum absolute atomic E-state index is 11.1. The molecule has 10 heavy (non-hydrogen) atoms. The highest BCUT2D eigenvalue weighted by Gasteiger charge is 2.02. The molecule has 0 unspecified atom stereocenters. The van der Waals surface area contributed by atoms with Gasteiger partial charge in [-0.15, -0.1) is 0 Å². The van der Waals surface area contributed by atoms with Crippen LogP contribution in [0.3, 0.4) is 0 Å². The van der Waals surface area contributed by atoms with Crippen molar-refractivity contribution in [3.63, 3.8) is 0 Å². The fourth-order valence-electron chi connectivity index (χ4n) is 0.897. The van der Waals surface area contributed by atoms with E-state index in [0.717, 1.165) is 0 Å². The molecule has 0 aromatic heterocycles. The Kier molecular flexibility index (Phi) is 1.86. The molecular weight excluding hydrogens is 148 g/mol. The third-order valence-corrected chi connectivity index (χ3v) is 1.64. The molecule has 1 aromatic carbocycles. The van der Waals surface area contributed by atoms with Crippen molar-refractivity contribution in [2.45, 2.75) is 13.8 Å². The van der Waals surface area contributed by atoms with Gasteiger partial charge in [-0.2, -0.15) is 0 Å². The highest BCUT2D eigenvalue weighted by molar-refractivity contribution is 6.30. The van der Waals surface area contributed by atoms with Gasteiger partial charge in [0.15, 0.2) is 5.75 Å². The van der Waals surface area contributed by atoms with E-state index in [1.165, 1.54) is 0 Å². The monoisotopic (exact) mass is 155 g/mol. The van der Waals surface area contributed by atoms with E-state index in [1.807, 2.05) is 0 Å². The zero-order chi connectivity index (χ0) is 7.72. The molecule has 2 heteroatoms. The van der Waals surface area contributed by atoms with E-state index >= 15 is 0 Å². The molecule has 0 saturated carbocycles. The lowest BCUT2D eigenvalue weighted by Crippen LogP contribution is -1.78. The van der Waals surface area contributed by atoms with E-state index in [4.69, 9.17) is 11.6 Å². The number of rotatable bonds is 0. The van der Waals surface area contributed by atoms with Crippen molar-refractivity contribution in [2.24, 2.45) is 0 Å². The Balaban J connectivity index is 3.31. The van der Waals surface area contributed by atoms with Crippen LogP contribution in [0.4, 0.5) is 0 Å². The average Bonchev–Trinajstić information content (AvgIpc) is 1.82. The van der Waals surface area contributed by atoms with Crippen molar-refractivity contribution in [3.8, 4) is 5.75 Å². The fourth-order valence-corrected chi connectivity index (χ4v) is 1.22. The van der Waals surface area contributed by atoms with Gasteiger partial charge in [-0.3, -0.25) is 5.11 Å². The largest absolute Gasteiger partial charge is 0.289 e. The zero-order valence-corrected chi connectivity index (χ0v) is 6.70. The quantitative estimate of drug-likeness (QED) is 0.549. The Morgan fingerprint density at radius 2 is 1.60 bits per heavy atom. The van der Waals surface area contributed by atoms with Gasteiger partial charge in [0.1, 0.15) is 0 Å². The normalized spacial score (nSPS) is 9.90. The van der Waals surface area contributed by atoms with E-state index < -0.39 is 0 Å². The minimum atomic E-state index is 0.0874. The van der Waals surface area contributed by atoms with Crippen LogP contribution < -0.4 is 0 Å². The summed E-state index contributed by atoms with van der Waals surface area (Å²) in [5, 5.41) is 11.7. The van der Waals surface area contributed by atoms with Crippen molar-refractivity contribution in [3.05, 3.63) is 28.3 Å². The molecule has 0 bridgehead atoms. The van der Waals surface area contributed by atoms with Crippen molar-refractivity contribution >= 4 is 11.6 Å². The summed E-state index contributed by atoms with van der Waals surface area (Å²) in [6.45, 7) is 3.53. The lowest BCUT2D eigenvalue weighted by atomic mass is 10.1. The molecule has 1 nitrogen and oxygen atoms in total. The van der Waals surface area contributed by atoms with E-state index in [2.05, 4.69) is 0 Å². The highest BCUT2D eigenvalue weighted by Crippen LogP contribution is 2.25. The second kappa shape index (κ2) is 2.51. The number of halogens is 1. The molecule has 1 aromatic rings. The van der Waals surface area contributed by atoms with Gasteiger partial charge >= 0.3 is 0 Å². The predicted octanol–water partition coefficient (Wildman–Crippen LogP) is 3.10. The molecule has 0 fully saturated rings. The first-order valence-corrected chi connectivity index (χ1v) is 3.43. The Bertz CT molecular complexity index is 232. The van der Waals surface area contributed by atoms with Crippen LogP contribution >= 0.6 is 11.6 Å². The molecule has 1 radical (unpaired) electrons. The maximum atomic E-state index is 11.1. The number of hydrogen-bond donors (Lipinski definition) is 0. The Morgan fingerprint density at radius 3 is 2.00 bits per heavy atom. The Morgan fingerprint density at radius 1 is 1.20 bits per heavy atom. The SMILES string of the molecule is Cc1cc(Cl)cc(C)c1[O]. The van der Waals surface area contributed by atoms with Gasteiger partial charge in [-0.25, -0.2) is 0 Å². The van der Waals surface area contributed by atoms with Crippen molar-refractivity contribution < 1.29 is 5.11 Å². The lowest BCUT2D eigenvalue weighted by molar-refractivity contribution is 0.348. The van der Waals surface area contributed by atoms with E-state index in [1.54, 1.807) is 26.0 Å². The van der Waals surface area contributed by atoms with Gasteiger partial charge < -0.3 is 0 Å². The van der Waals surface area contributed by atoms with Gasteiger partial charge in [0.25, 0.3) is 0 Å². The van der Waals surface area contributed by atoms with Gasteiger partial charge in [-0.05, 0) is 37.1 Å². The van der Waals surface area contributed by atoms with Crippen LogP contribution in [0.1, 0.15) is 11.1 Å². The van der Waals surface area contributed by atoms with Crippen LogP contribution in [0.5, 0.6) is 5.75 Å². The number of hydrogen-bond acceptors (Lipinski definition) is 0. The van der Waals surface area contributed by atoms with Gasteiger partial charge in [0.2, 0.25) is 0 Å². The predicted molar refractivity (Wildman–Crippen MR) is 41.1 cm³/mol. The average molecular weight is 156 g/mol. The molecule has 0 atom stereocenters. The first-order chi connectivity index (χ1) is 4.61. The van der Waals surface area contributed by atoms with E-state index in [0.29, 0.717) is 16.1 Å². The molecule has 0 saturated heterocycles. The minimum Gasteiger partial charge on any atom is -0.289 e. The van der Waals surface area contributed by atoms with Crippen molar-refractivity contribution in [1.82, 2.24) is 0 Å². The Labute approximate surface area is 65.3 Å². The summed E-state index contributed by atoms with van der Waals surface area (Å²) in [4.78, 5) is 0. The summed E-state index contributed by atoms with van der Waals surface area (Å²) in [5.74, 6) is 0.0874. The van der Waals surface area contributed by atoms with Crippen LogP contribution in [0.2, 0.25) is 5.02 Å². The molecule has 0 aliphatic carbocycles. The molecular formula is C8H8ClO. The van der Waals surface area contributed by atoms with Crippen LogP contribution in [-0.2, 0) is 5.11 Å². The molecule has 0 aliphatic rings. The molecule has 0 N–H and O–H groups in total. The smallest absolute Gasteiger partial charge is 0.184 e. The summed E-state index contributed by atoms with van der Waals surface area (Å²) >= 11 is 5.68. The number of aryl methyl sites for hydroxylation is 2.